The lowest BCUT2D eigenvalue weighted by molar-refractivity contribution is -0.115. The van der Waals surface area contributed by atoms with Gasteiger partial charge in [0.1, 0.15) is 11.6 Å². The molecule has 1 aromatic heterocycles. The normalized spacial score (nSPS) is 10.3. The number of amides is 1. The van der Waals surface area contributed by atoms with Crippen LogP contribution in [0.2, 0.25) is 0 Å². The Balaban J connectivity index is 1.62. The maximum absolute atomic E-state index is 13.6. The number of ether oxygens (including phenoxy) is 1. The second kappa shape index (κ2) is 8.75. The zero-order valence-electron chi connectivity index (χ0n) is 14.8. The molecular formula is C20H19FN4O2. The van der Waals surface area contributed by atoms with Gasteiger partial charge in [-0.05, 0) is 42.8 Å². The molecule has 0 atom stereocenters. The number of carbonyl (C=O) groups excluding carboxylic acids is 1. The molecule has 0 fully saturated rings. The molecule has 0 aliphatic carbocycles. The molecule has 0 aliphatic rings. The summed E-state index contributed by atoms with van der Waals surface area (Å²) in [5.74, 6) is 0.737. The number of halogens is 1. The number of hydrogen-bond donors (Lipinski definition) is 2. The predicted molar refractivity (Wildman–Crippen MR) is 102 cm³/mol. The first-order chi connectivity index (χ1) is 13.2. The number of anilines is 3. The van der Waals surface area contributed by atoms with Crippen molar-refractivity contribution in [1.82, 2.24) is 10.2 Å². The number of carbonyl (C=O) groups is 1. The largest absolute Gasteiger partial charge is 0.492 e. The van der Waals surface area contributed by atoms with Gasteiger partial charge in [-0.3, -0.25) is 4.79 Å². The van der Waals surface area contributed by atoms with E-state index in [0.717, 1.165) is 5.69 Å². The molecule has 0 spiro atoms. The highest BCUT2D eigenvalue weighted by molar-refractivity contribution is 5.91. The fourth-order valence-corrected chi connectivity index (χ4v) is 2.46. The molecule has 1 heterocycles. The Morgan fingerprint density at radius 1 is 1.00 bits per heavy atom. The lowest BCUT2D eigenvalue weighted by Gasteiger charge is -2.11. The van der Waals surface area contributed by atoms with Crippen molar-refractivity contribution in [1.29, 1.82) is 0 Å². The summed E-state index contributed by atoms with van der Waals surface area (Å²) >= 11 is 0. The van der Waals surface area contributed by atoms with Gasteiger partial charge in [-0.1, -0.05) is 30.3 Å². The topological polar surface area (TPSA) is 76.1 Å². The zero-order valence-corrected chi connectivity index (χ0v) is 14.8. The van der Waals surface area contributed by atoms with E-state index < -0.39 is 5.82 Å². The van der Waals surface area contributed by atoms with Crippen LogP contribution in [-0.4, -0.2) is 22.7 Å². The van der Waals surface area contributed by atoms with E-state index in [1.54, 1.807) is 30.3 Å². The molecule has 0 unspecified atom stereocenters. The highest BCUT2D eigenvalue weighted by Gasteiger charge is 2.09. The van der Waals surface area contributed by atoms with E-state index in [4.69, 9.17) is 4.74 Å². The Labute approximate surface area is 156 Å². The summed E-state index contributed by atoms with van der Waals surface area (Å²) in [6.07, 6.45) is -0.0733. The first-order valence-electron chi connectivity index (χ1n) is 8.51. The molecule has 7 heteroatoms. The number of hydrogen-bond acceptors (Lipinski definition) is 5. The summed E-state index contributed by atoms with van der Waals surface area (Å²) in [5, 5.41) is 13.8. The predicted octanol–water partition coefficient (Wildman–Crippen LogP) is 3.94. The van der Waals surface area contributed by atoms with Crippen molar-refractivity contribution in [3.63, 3.8) is 0 Å². The van der Waals surface area contributed by atoms with Crippen molar-refractivity contribution in [3.8, 4) is 5.75 Å². The van der Waals surface area contributed by atoms with Crippen molar-refractivity contribution in [2.75, 3.05) is 17.2 Å². The minimum Gasteiger partial charge on any atom is -0.492 e. The first kappa shape index (κ1) is 18.3. The third kappa shape index (κ3) is 5.01. The Bertz CT molecular complexity index is 916. The Kier molecular flexibility index (Phi) is 5.94. The highest BCUT2D eigenvalue weighted by Crippen LogP contribution is 2.26. The van der Waals surface area contributed by atoms with Crippen molar-refractivity contribution in [3.05, 3.63) is 72.0 Å². The molecule has 1 amide bonds. The standard InChI is InChI=1S/C20H19FN4O2/c1-2-27-17-10-6-5-9-16(17)22-18-11-12-19(25-24-18)23-20(26)13-14-7-3-4-8-15(14)21/h3-12H,2,13H2,1H3,(H,22,24)(H,23,25,26). The van der Waals surface area contributed by atoms with Crippen LogP contribution in [0, 0.1) is 5.82 Å². The summed E-state index contributed by atoms with van der Waals surface area (Å²) in [6, 6.07) is 17.0. The van der Waals surface area contributed by atoms with Gasteiger partial charge in [-0.25, -0.2) is 4.39 Å². The third-order valence-corrected chi connectivity index (χ3v) is 3.69. The van der Waals surface area contributed by atoms with Crippen molar-refractivity contribution in [2.45, 2.75) is 13.3 Å². The fraction of sp³-hybridized carbons (Fsp3) is 0.150. The van der Waals surface area contributed by atoms with E-state index in [9.17, 15) is 9.18 Å². The fourth-order valence-electron chi connectivity index (χ4n) is 2.46. The monoisotopic (exact) mass is 366 g/mol. The number of aromatic nitrogens is 2. The second-order valence-corrected chi connectivity index (χ2v) is 5.67. The lowest BCUT2D eigenvalue weighted by Crippen LogP contribution is -2.16. The zero-order chi connectivity index (χ0) is 19.1. The smallest absolute Gasteiger partial charge is 0.230 e. The van der Waals surface area contributed by atoms with Crippen molar-refractivity contribution >= 4 is 23.2 Å². The Hall–Kier alpha value is -3.48. The summed E-state index contributed by atoms with van der Waals surface area (Å²) < 4.78 is 19.2. The van der Waals surface area contributed by atoms with Crippen LogP contribution in [0.5, 0.6) is 5.75 Å². The molecule has 0 aliphatic heterocycles. The molecular weight excluding hydrogens is 347 g/mol. The molecule has 6 nitrogen and oxygen atoms in total. The average Bonchev–Trinajstić information content (AvgIpc) is 2.67. The van der Waals surface area contributed by atoms with E-state index in [1.165, 1.54) is 6.07 Å². The van der Waals surface area contributed by atoms with Gasteiger partial charge in [-0.15, -0.1) is 10.2 Å². The van der Waals surface area contributed by atoms with Crippen LogP contribution in [0.1, 0.15) is 12.5 Å². The van der Waals surface area contributed by atoms with Crippen LogP contribution in [0.3, 0.4) is 0 Å². The molecule has 0 radical (unpaired) electrons. The SMILES string of the molecule is CCOc1ccccc1Nc1ccc(NC(=O)Cc2ccccc2F)nn1. The molecule has 138 valence electrons. The van der Waals surface area contributed by atoms with Crippen LogP contribution in [0.25, 0.3) is 0 Å². The molecule has 0 saturated carbocycles. The van der Waals surface area contributed by atoms with Gasteiger partial charge in [-0.2, -0.15) is 0 Å². The molecule has 2 aromatic carbocycles. The minimum atomic E-state index is -0.411. The first-order valence-corrected chi connectivity index (χ1v) is 8.51. The minimum absolute atomic E-state index is 0.0733. The number of para-hydroxylation sites is 2. The second-order valence-electron chi connectivity index (χ2n) is 5.67. The molecule has 0 saturated heterocycles. The highest BCUT2D eigenvalue weighted by atomic mass is 19.1. The Morgan fingerprint density at radius 2 is 1.70 bits per heavy atom. The van der Waals surface area contributed by atoms with Gasteiger partial charge in [0.15, 0.2) is 11.6 Å². The molecule has 0 bridgehead atoms. The van der Waals surface area contributed by atoms with E-state index >= 15 is 0 Å². The molecule has 2 N–H and O–H groups in total. The van der Waals surface area contributed by atoms with Gasteiger partial charge < -0.3 is 15.4 Å². The number of rotatable bonds is 7. The van der Waals surface area contributed by atoms with E-state index in [2.05, 4.69) is 20.8 Å². The van der Waals surface area contributed by atoms with Crippen LogP contribution in [-0.2, 0) is 11.2 Å². The van der Waals surface area contributed by atoms with Crippen molar-refractivity contribution < 1.29 is 13.9 Å². The summed E-state index contributed by atoms with van der Waals surface area (Å²) in [6.45, 7) is 2.47. The summed E-state index contributed by atoms with van der Waals surface area (Å²) in [4.78, 5) is 12.0. The molecule has 3 rings (SSSR count). The van der Waals surface area contributed by atoms with E-state index in [0.29, 0.717) is 29.6 Å². The van der Waals surface area contributed by atoms with Gasteiger partial charge in [0.2, 0.25) is 5.91 Å². The average molecular weight is 366 g/mol. The van der Waals surface area contributed by atoms with Gasteiger partial charge >= 0.3 is 0 Å². The molecule has 3 aromatic rings. The van der Waals surface area contributed by atoms with Gasteiger partial charge in [0.25, 0.3) is 0 Å². The summed E-state index contributed by atoms with van der Waals surface area (Å²) in [7, 11) is 0. The maximum Gasteiger partial charge on any atom is 0.230 e. The van der Waals surface area contributed by atoms with Crippen molar-refractivity contribution in [2.24, 2.45) is 0 Å². The van der Waals surface area contributed by atoms with Gasteiger partial charge in [0.05, 0.1) is 18.7 Å². The van der Waals surface area contributed by atoms with Crippen LogP contribution >= 0.6 is 0 Å². The molecule has 27 heavy (non-hydrogen) atoms. The maximum atomic E-state index is 13.6. The van der Waals surface area contributed by atoms with Gasteiger partial charge in [0, 0.05) is 0 Å². The van der Waals surface area contributed by atoms with E-state index in [1.807, 2.05) is 31.2 Å². The lowest BCUT2D eigenvalue weighted by atomic mass is 10.1. The van der Waals surface area contributed by atoms with Crippen LogP contribution in [0.15, 0.2) is 60.7 Å². The van der Waals surface area contributed by atoms with Crippen LogP contribution in [0.4, 0.5) is 21.7 Å². The number of nitrogens with one attached hydrogen (secondary N) is 2. The van der Waals surface area contributed by atoms with Crippen LogP contribution < -0.4 is 15.4 Å². The Morgan fingerprint density at radius 3 is 2.44 bits per heavy atom. The quantitative estimate of drug-likeness (QED) is 0.662. The third-order valence-electron chi connectivity index (χ3n) is 3.69. The van der Waals surface area contributed by atoms with E-state index in [-0.39, 0.29) is 12.3 Å². The number of nitrogens with zero attached hydrogens (tertiary/aromatic N) is 2. The number of benzene rings is 2. The summed E-state index contributed by atoms with van der Waals surface area (Å²) in [5.41, 5.74) is 1.10.